The third-order valence-electron chi connectivity index (χ3n) is 3.37. The molecule has 3 rings (SSSR count). The topological polar surface area (TPSA) is 83.6 Å². The molecule has 0 aliphatic carbocycles. The fourth-order valence-corrected chi connectivity index (χ4v) is 3.05. The van der Waals surface area contributed by atoms with Gasteiger partial charge >= 0.3 is 0 Å². The minimum absolute atomic E-state index is 0.0691. The lowest BCUT2D eigenvalue weighted by Gasteiger charge is -2.18. The van der Waals surface area contributed by atoms with Gasteiger partial charge in [0, 0.05) is 4.88 Å². The second-order valence-electron chi connectivity index (χ2n) is 4.96. The lowest BCUT2D eigenvalue weighted by atomic mass is 10.1. The Morgan fingerprint density at radius 3 is 2.83 bits per heavy atom. The number of amides is 1. The van der Waals surface area contributed by atoms with Gasteiger partial charge in [0.05, 0.1) is 6.04 Å². The van der Waals surface area contributed by atoms with E-state index in [1.165, 1.54) is 34.4 Å². The molecule has 1 atom stereocenters. The molecular formula is C16H12FN5OS. The fourth-order valence-electron chi connectivity index (χ4n) is 2.25. The van der Waals surface area contributed by atoms with E-state index in [4.69, 9.17) is 5.26 Å². The van der Waals surface area contributed by atoms with E-state index in [-0.39, 0.29) is 30.1 Å². The Labute approximate surface area is 141 Å². The highest BCUT2D eigenvalue weighted by atomic mass is 32.1. The van der Waals surface area contributed by atoms with Crippen molar-refractivity contribution in [1.82, 2.24) is 20.1 Å². The fraction of sp³-hybridized carbons (Fsp3) is 0.125. The molecule has 24 heavy (non-hydrogen) atoms. The summed E-state index contributed by atoms with van der Waals surface area (Å²) in [6.07, 6.45) is 1.33. The molecule has 0 saturated heterocycles. The zero-order valence-corrected chi connectivity index (χ0v) is 13.2. The number of carbonyl (C=O) groups excluding carboxylic acids is 1. The Balaban J connectivity index is 1.81. The van der Waals surface area contributed by atoms with Crippen LogP contribution in [-0.2, 0) is 11.3 Å². The predicted octanol–water partition coefficient (Wildman–Crippen LogP) is 2.26. The van der Waals surface area contributed by atoms with Crippen molar-refractivity contribution in [3.05, 3.63) is 70.2 Å². The van der Waals surface area contributed by atoms with Gasteiger partial charge in [-0.3, -0.25) is 9.36 Å². The van der Waals surface area contributed by atoms with E-state index in [0.717, 1.165) is 10.4 Å². The first-order valence-corrected chi connectivity index (χ1v) is 7.91. The SMILES string of the molecule is N#Cc1nncn1CC(=O)NC(c1ccc(F)cc1)c1cccs1. The summed E-state index contributed by atoms with van der Waals surface area (Å²) in [5, 5.41) is 21.0. The summed E-state index contributed by atoms with van der Waals surface area (Å²) in [7, 11) is 0. The van der Waals surface area contributed by atoms with E-state index < -0.39 is 0 Å². The highest BCUT2D eigenvalue weighted by molar-refractivity contribution is 7.10. The van der Waals surface area contributed by atoms with E-state index in [9.17, 15) is 9.18 Å². The van der Waals surface area contributed by atoms with Gasteiger partial charge in [-0.15, -0.1) is 21.5 Å². The van der Waals surface area contributed by atoms with Gasteiger partial charge < -0.3 is 5.32 Å². The number of nitrogens with one attached hydrogen (secondary N) is 1. The zero-order valence-electron chi connectivity index (χ0n) is 12.4. The minimum Gasteiger partial charge on any atom is -0.343 e. The van der Waals surface area contributed by atoms with E-state index in [2.05, 4.69) is 15.5 Å². The highest BCUT2D eigenvalue weighted by Crippen LogP contribution is 2.26. The average molecular weight is 341 g/mol. The molecule has 0 spiro atoms. The standard InChI is InChI=1S/C16H12FN5OS/c17-12-5-3-11(4-6-12)16(13-2-1-7-24-13)20-15(23)9-22-10-19-21-14(22)8-18/h1-7,10,16H,9H2,(H,20,23). The number of halogens is 1. The molecule has 0 aliphatic heterocycles. The van der Waals surface area contributed by atoms with Crippen LogP contribution in [0.5, 0.6) is 0 Å². The van der Waals surface area contributed by atoms with Crippen molar-refractivity contribution < 1.29 is 9.18 Å². The maximum absolute atomic E-state index is 13.2. The van der Waals surface area contributed by atoms with Crippen molar-refractivity contribution >= 4 is 17.2 Å². The highest BCUT2D eigenvalue weighted by Gasteiger charge is 2.19. The number of hydrogen-bond acceptors (Lipinski definition) is 5. The average Bonchev–Trinajstić information content (AvgIpc) is 3.25. The summed E-state index contributed by atoms with van der Waals surface area (Å²) in [6.45, 7) is -0.0705. The molecule has 8 heteroatoms. The van der Waals surface area contributed by atoms with Crippen molar-refractivity contribution in [2.75, 3.05) is 0 Å². The monoisotopic (exact) mass is 341 g/mol. The summed E-state index contributed by atoms with van der Waals surface area (Å²) in [6, 6.07) is 11.3. The second kappa shape index (κ2) is 7.02. The molecule has 2 heterocycles. The van der Waals surface area contributed by atoms with Crippen LogP contribution >= 0.6 is 11.3 Å². The van der Waals surface area contributed by atoms with Crippen molar-refractivity contribution in [2.45, 2.75) is 12.6 Å². The van der Waals surface area contributed by atoms with E-state index in [0.29, 0.717) is 0 Å². The minimum atomic E-state index is -0.389. The Hall–Kier alpha value is -3.05. The molecule has 0 bridgehead atoms. The molecule has 0 saturated carbocycles. The van der Waals surface area contributed by atoms with E-state index >= 15 is 0 Å². The number of aromatic nitrogens is 3. The van der Waals surface area contributed by atoms with Gasteiger partial charge in [-0.1, -0.05) is 18.2 Å². The van der Waals surface area contributed by atoms with Crippen molar-refractivity contribution in [3.8, 4) is 6.07 Å². The van der Waals surface area contributed by atoms with Crippen LogP contribution in [0.1, 0.15) is 22.3 Å². The van der Waals surface area contributed by atoms with Crippen LogP contribution in [-0.4, -0.2) is 20.7 Å². The summed E-state index contributed by atoms with van der Waals surface area (Å²) in [5.41, 5.74) is 0.775. The summed E-state index contributed by atoms with van der Waals surface area (Å²) >= 11 is 1.50. The summed E-state index contributed by atoms with van der Waals surface area (Å²) < 4.78 is 14.5. The Morgan fingerprint density at radius 2 is 2.17 bits per heavy atom. The molecule has 1 unspecified atom stereocenters. The number of benzene rings is 1. The number of nitriles is 1. The molecule has 6 nitrogen and oxygen atoms in total. The number of rotatable bonds is 5. The van der Waals surface area contributed by atoms with Crippen LogP contribution in [0.25, 0.3) is 0 Å². The van der Waals surface area contributed by atoms with Gasteiger partial charge in [0.1, 0.15) is 24.8 Å². The molecular weight excluding hydrogens is 329 g/mol. The first kappa shape index (κ1) is 15.8. The third-order valence-corrected chi connectivity index (χ3v) is 4.30. The Bertz CT molecular complexity index is 867. The molecule has 2 aromatic heterocycles. The quantitative estimate of drug-likeness (QED) is 0.771. The Morgan fingerprint density at radius 1 is 1.38 bits per heavy atom. The third kappa shape index (κ3) is 3.47. The first-order chi connectivity index (χ1) is 11.7. The molecule has 0 radical (unpaired) electrons. The van der Waals surface area contributed by atoms with Crippen LogP contribution in [0.2, 0.25) is 0 Å². The lowest BCUT2D eigenvalue weighted by molar-refractivity contribution is -0.122. The van der Waals surface area contributed by atoms with Gasteiger partial charge in [0.25, 0.3) is 0 Å². The number of carbonyl (C=O) groups is 1. The number of thiophene rings is 1. The van der Waals surface area contributed by atoms with E-state index in [1.54, 1.807) is 12.1 Å². The van der Waals surface area contributed by atoms with Crippen LogP contribution in [0.3, 0.4) is 0 Å². The normalized spacial score (nSPS) is 11.7. The largest absolute Gasteiger partial charge is 0.343 e. The van der Waals surface area contributed by atoms with Gasteiger partial charge in [-0.25, -0.2) is 4.39 Å². The van der Waals surface area contributed by atoms with Gasteiger partial charge in [-0.05, 0) is 29.1 Å². The van der Waals surface area contributed by atoms with Crippen LogP contribution in [0, 0.1) is 17.1 Å². The molecule has 1 aromatic carbocycles. The molecule has 1 amide bonds. The molecule has 1 N–H and O–H groups in total. The first-order valence-electron chi connectivity index (χ1n) is 7.03. The lowest BCUT2D eigenvalue weighted by Crippen LogP contribution is -2.32. The molecule has 0 aliphatic rings. The van der Waals surface area contributed by atoms with Crippen molar-refractivity contribution in [2.24, 2.45) is 0 Å². The van der Waals surface area contributed by atoms with Gasteiger partial charge in [0.15, 0.2) is 0 Å². The van der Waals surface area contributed by atoms with Crippen LogP contribution in [0.15, 0.2) is 48.1 Å². The number of nitrogens with zero attached hydrogens (tertiary/aromatic N) is 4. The molecule has 3 aromatic rings. The maximum Gasteiger partial charge on any atom is 0.240 e. The molecule has 0 fully saturated rings. The second-order valence-corrected chi connectivity index (χ2v) is 5.94. The van der Waals surface area contributed by atoms with Crippen LogP contribution in [0.4, 0.5) is 4.39 Å². The van der Waals surface area contributed by atoms with E-state index in [1.807, 2.05) is 23.6 Å². The molecule has 120 valence electrons. The smallest absolute Gasteiger partial charge is 0.240 e. The summed E-state index contributed by atoms with van der Waals surface area (Å²) in [5.74, 6) is -0.563. The summed E-state index contributed by atoms with van der Waals surface area (Å²) in [4.78, 5) is 13.3. The maximum atomic E-state index is 13.2. The van der Waals surface area contributed by atoms with Gasteiger partial charge in [0.2, 0.25) is 11.7 Å². The van der Waals surface area contributed by atoms with Crippen molar-refractivity contribution in [1.29, 1.82) is 5.26 Å². The zero-order chi connectivity index (χ0) is 16.9. The van der Waals surface area contributed by atoms with Gasteiger partial charge in [-0.2, -0.15) is 5.26 Å². The Kier molecular flexibility index (Phi) is 4.63. The predicted molar refractivity (Wildman–Crippen MR) is 85.4 cm³/mol. The number of hydrogen-bond donors (Lipinski definition) is 1. The van der Waals surface area contributed by atoms with Crippen LogP contribution < -0.4 is 5.32 Å². The van der Waals surface area contributed by atoms with Crippen molar-refractivity contribution in [3.63, 3.8) is 0 Å².